The predicted molar refractivity (Wildman–Crippen MR) is 85.2 cm³/mol. The minimum Gasteiger partial charge on any atom is -0.491 e. The van der Waals surface area contributed by atoms with Gasteiger partial charge < -0.3 is 10.1 Å². The highest BCUT2D eigenvalue weighted by Crippen LogP contribution is 2.24. The predicted octanol–water partition coefficient (Wildman–Crippen LogP) is 4.01. The first-order valence-electron chi connectivity index (χ1n) is 7.79. The lowest BCUT2D eigenvalue weighted by molar-refractivity contribution is 0.242. The maximum Gasteiger partial charge on any atom is 0.207 e. The zero-order valence-electron chi connectivity index (χ0n) is 12.7. The highest BCUT2D eigenvalue weighted by atomic mass is 16.5. The number of benzene rings is 1. The molecule has 2 aromatic rings. The number of imidazole rings is 1. The summed E-state index contributed by atoms with van der Waals surface area (Å²) in [5.74, 6) is 1.83. The van der Waals surface area contributed by atoms with Crippen molar-refractivity contribution in [3.63, 3.8) is 0 Å². The molecule has 0 aliphatic heterocycles. The van der Waals surface area contributed by atoms with Crippen molar-refractivity contribution in [1.82, 2.24) is 9.55 Å². The highest BCUT2D eigenvalue weighted by molar-refractivity contribution is 5.44. The fraction of sp³-hybridized carbons (Fsp3) is 0.471. The molecule has 1 N–H and O–H groups in total. The molecule has 0 amide bonds. The largest absolute Gasteiger partial charge is 0.491 e. The van der Waals surface area contributed by atoms with Crippen LogP contribution in [-0.2, 0) is 0 Å². The van der Waals surface area contributed by atoms with Gasteiger partial charge in [0.25, 0.3) is 0 Å². The van der Waals surface area contributed by atoms with E-state index in [0.717, 1.165) is 17.4 Å². The van der Waals surface area contributed by atoms with Gasteiger partial charge in [0, 0.05) is 24.1 Å². The molecule has 0 spiro atoms. The molecule has 1 fully saturated rings. The van der Waals surface area contributed by atoms with Crippen molar-refractivity contribution in [2.45, 2.75) is 51.7 Å². The second kappa shape index (κ2) is 6.20. The van der Waals surface area contributed by atoms with Gasteiger partial charge in [-0.15, -0.1) is 0 Å². The van der Waals surface area contributed by atoms with Gasteiger partial charge in [-0.25, -0.2) is 4.98 Å². The third kappa shape index (κ3) is 3.38. The van der Waals surface area contributed by atoms with E-state index in [1.54, 1.807) is 0 Å². The average molecular weight is 285 g/mol. The van der Waals surface area contributed by atoms with Gasteiger partial charge in [-0.1, -0.05) is 12.8 Å². The molecular formula is C17H23N3O. The Morgan fingerprint density at radius 2 is 1.90 bits per heavy atom. The van der Waals surface area contributed by atoms with Crippen molar-refractivity contribution in [2.24, 2.45) is 0 Å². The molecule has 1 heterocycles. The van der Waals surface area contributed by atoms with Crippen LogP contribution in [0.3, 0.4) is 0 Å². The number of rotatable bonds is 5. The third-order valence-corrected chi connectivity index (χ3v) is 3.82. The maximum absolute atomic E-state index is 5.68. The first-order valence-corrected chi connectivity index (χ1v) is 7.79. The van der Waals surface area contributed by atoms with Crippen LogP contribution >= 0.6 is 0 Å². The molecule has 1 saturated carbocycles. The minimum atomic E-state index is 0.198. The van der Waals surface area contributed by atoms with Crippen molar-refractivity contribution >= 4 is 5.95 Å². The fourth-order valence-corrected chi connectivity index (χ4v) is 2.83. The Morgan fingerprint density at radius 3 is 2.57 bits per heavy atom. The molecule has 0 bridgehead atoms. The van der Waals surface area contributed by atoms with E-state index in [1.165, 1.54) is 25.7 Å². The molecule has 3 rings (SSSR count). The van der Waals surface area contributed by atoms with E-state index in [4.69, 9.17) is 4.74 Å². The second-order valence-corrected chi connectivity index (χ2v) is 5.91. The molecule has 1 aromatic carbocycles. The smallest absolute Gasteiger partial charge is 0.207 e. The van der Waals surface area contributed by atoms with Crippen molar-refractivity contribution in [3.8, 4) is 11.4 Å². The van der Waals surface area contributed by atoms with Crippen LogP contribution in [0.1, 0.15) is 39.5 Å². The van der Waals surface area contributed by atoms with E-state index in [2.05, 4.69) is 27.0 Å². The molecule has 112 valence electrons. The lowest BCUT2D eigenvalue weighted by Crippen LogP contribution is -2.17. The van der Waals surface area contributed by atoms with Crippen molar-refractivity contribution in [1.29, 1.82) is 0 Å². The maximum atomic E-state index is 5.68. The van der Waals surface area contributed by atoms with Crippen LogP contribution in [0.15, 0.2) is 36.7 Å². The second-order valence-electron chi connectivity index (χ2n) is 5.91. The van der Waals surface area contributed by atoms with Gasteiger partial charge in [-0.05, 0) is 51.0 Å². The van der Waals surface area contributed by atoms with Crippen molar-refractivity contribution < 1.29 is 4.74 Å². The summed E-state index contributed by atoms with van der Waals surface area (Å²) in [6, 6.07) is 8.72. The van der Waals surface area contributed by atoms with Crippen molar-refractivity contribution in [2.75, 3.05) is 5.32 Å². The third-order valence-electron chi connectivity index (χ3n) is 3.82. The molecule has 1 aliphatic rings. The Hall–Kier alpha value is -1.97. The molecule has 0 saturated heterocycles. The van der Waals surface area contributed by atoms with E-state index in [-0.39, 0.29) is 6.10 Å². The number of nitrogens with zero attached hydrogens (tertiary/aromatic N) is 2. The molecule has 21 heavy (non-hydrogen) atoms. The monoisotopic (exact) mass is 285 g/mol. The number of nitrogens with one attached hydrogen (secondary N) is 1. The number of anilines is 1. The zero-order chi connectivity index (χ0) is 14.7. The van der Waals surface area contributed by atoms with Crippen molar-refractivity contribution in [3.05, 3.63) is 36.7 Å². The van der Waals surface area contributed by atoms with Crippen LogP contribution < -0.4 is 10.1 Å². The van der Waals surface area contributed by atoms with Crippen LogP contribution in [0, 0.1) is 0 Å². The fourth-order valence-electron chi connectivity index (χ4n) is 2.83. The standard InChI is InChI=1S/C17H23N3O/c1-13(2)21-16-9-7-15(8-10-16)20-12-11-18-17(20)19-14-5-3-4-6-14/h7-14H,3-6H2,1-2H3,(H,18,19). The van der Waals surface area contributed by atoms with Gasteiger partial charge in [0.1, 0.15) is 5.75 Å². The van der Waals surface area contributed by atoms with Crippen LogP contribution in [0.2, 0.25) is 0 Å². The lowest BCUT2D eigenvalue weighted by Gasteiger charge is -2.15. The molecule has 1 aliphatic carbocycles. The number of hydrogen-bond acceptors (Lipinski definition) is 3. The topological polar surface area (TPSA) is 39.1 Å². The van der Waals surface area contributed by atoms with E-state index in [0.29, 0.717) is 6.04 Å². The molecule has 0 unspecified atom stereocenters. The molecule has 4 heteroatoms. The zero-order valence-corrected chi connectivity index (χ0v) is 12.7. The Morgan fingerprint density at radius 1 is 1.19 bits per heavy atom. The van der Waals surface area contributed by atoms with E-state index in [9.17, 15) is 0 Å². The SMILES string of the molecule is CC(C)Oc1ccc(-n2ccnc2NC2CCCC2)cc1. The van der Waals surface area contributed by atoms with Gasteiger partial charge in [-0.3, -0.25) is 4.57 Å². The van der Waals surface area contributed by atoms with Gasteiger partial charge in [0.2, 0.25) is 5.95 Å². The van der Waals surface area contributed by atoms with Crippen LogP contribution in [-0.4, -0.2) is 21.7 Å². The summed E-state index contributed by atoms with van der Waals surface area (Å²) in [5, 5.41) is 3.56. The number of aromatic nitrogens is 2. The van der Waals surface area contributed by atoms with E-state index >= 15 is 0 Å². The van der Waals surface area contributed by atoms with Crippen LogP contribution in [0.25, 0.3) is 5.69 Å². The summed E-state index contributed by atoms with van der Waals surface area (Å²) >= 11 is 0. The summed E-state index contributed by atoms with van der Waals surface area (Å²) in [7, 11) is 0. The summed E-state index contributed by atoms with van der Waals surface area (Å²) in [4.78, 5) is 4.45. The summed E-state index contributed by atoms with van der Waals surface area (Å²) in [6.07, 6.45) is 9.16. The summed E-state index contributed by atoms with van der Waals surface area (Å²) < 4.78 is 7.78. The highest BCUT2D eigenvalue weighted by Gasteiger charge is 2.16. The van der Waals surface area contributed by atoms with Gasteiger partial charge in [0.05, 0.1) is 6.10 Å². The first-order chi connectivity index (χ1) is 10.2. The Bertz CT molecular complexity index is 568. The van der Waals surface area contributed by atoms with Gasteiger partial charge in [0.15, 0.2) is 0 Å². The molecular weight excluding hydrogens is 262 g/mol. The van der Waals surface area contributed by atoms with Gasteiger partial charge in [-0.2, -0.15) is 0 Å². The van der Waals surface area contributed by atoms with Crippen LogP contribution in [0.4, 0.5) is 5.95 Å². The van der Waals surface area contributed by atoms with Crippen LogP contribution in [0.5, 0.6) is 5.75 Å². The Labute approximate surface area is 126 Å². The molecule has 1 aromatic heterocycles. The summed E-state index contributed by atoms with van der Waals surface area (Å²) in [5.41, 5.74) is 1.10. The Balaban J connectivity index is 1.75. The lowest BCUT2D eigenvalue weighted by atomic mass is 10.2. The Kier molecular flexibility index (Phi) is 4.13. The van der Waals surface area contributed by atoms with Gasteiger partial charge >= 0.3 is 0 Å². The van der Waals surface area contributed by atoms with E-state index < -0.39 is 0 Å². The molecule has 4 nitrogen and oxygen atoms in total. The quantitative estimate of drug-likeness (QED) is 0.902. The number of ether oxygens (including phenoxy) is 1. The normalized spacial score (nSPS) is 15.6. The first kappa shape index (κ1) is 14.0. The average Bonchev–Trinajstić information content (AvgIpc) is 3.11. The molecule has 0 atom stereocenters. The minimum absolute atomic E-state index is 0.198. The number of hydrogen-bond donors (Lipinski definition) is 1. The molecule has 0 radical (unpaired) electrons. The summed E-state index contributed by atoms with van der Waals surface area (Å²) in [6.45, 7) is 4.07. The van der Waals surface area contributed by atoms with E-state index in [1.807, 2.05) is 38.4 Å².